The van der Waals surface area contributed by atoms with E-state index in [9.17, 15) is 15.2 Å². The zero-order chi connectivity index (χ0) is 22.2. The maximum atomic E-state index is 12.4. The van der Waals surface area contributed by atoms with Crippen molar-refractivity contribution in [1.82, 2.24) is 0 Å². The lowest BCUT2D eigenvalue weighted by atomic mass is 10.1. The number of amides is 1. The molecule has 0 saturated heterocycles. The monoisotopic (exact) mass is 478 g/mol. The Hall–Kier alpha value is -3.76. The third-order valence-corrected chi connectivity index (χ3v) is 5.10. The molecule has 3 aromatic rings. The second-order valence-electron chi connectivity index (χ2n) is 6.46. The Bertz CT molecular complexity index is 1150. The van der Waals surface area contributed by atoms with Crippen molar-refractivity contribution >= 4 is 33.6 Å². The molecule has 0 aliphatic carbocycles. The molecule has 0 bridgehead atoms. The molecule has 0 radical (unpaired) electrons. The number of nitriles is 1. The smallest absolute Gasteiger partial charge is 0.266 e. The van der Waals surface area contributed by atoms with Crippen LogP contribution in [-0.2, 0) is 11.4 Å². The molecule has 0 aromatic heterocycles. The Morgan fingerprint density at radius 2 is 1.87 bits per heavy atom. The van der Waals surface area contributed by atoms with Crippen LogP contribution in [0.1, 0.15) is 11.1 Å². The van der Waals surface area contributed by atoms with Gasteiger partial charge in [-0.1, -0.05) is 40.2 Å². The number of hydrogen-bond donors (Lipinski definition) is 2. The van der Waals surface area contributed by atoms with Gasteiger partial charge in [-0.2, -0.15) is 5.26 Å². The van der Waals surface area contributed by atoms with Crippen molar-refractivity contribution in [3.05, 3.63) is 87.9 Å². The molecule has 0 aliphatic heterocycles. The van der Waals surface area contributed by atoms with E-state index in [-0.39, 0.29) is 11.3 Å². The molecule has 0 saturated carbocycles. The molecule has 156 valence electrons. The van der Waals surface area contributed by atoms with Crippen molar-refractivity contribution in [1.29, 1.82) is 5.26 Å². The van der Waals surface area contributed by atoms with E-state index in [4.69, 9.17) is 9.47 Å². The highest BCUT2D eigenvalue weighted by Gasteiger charge is 2.12. The van der Waals surface area contributed by atoms with Crippen molar-refractivity contribution in [3.63, 3.8) is 0 Å². The van der Waals surface area contributed by atoms with Gasteiger partial charge in [0.2, 0.25) is 0 Å². The van der Waals surface area contributed by atoms with Gasteiger partial charge in [0, 0.05) is 15.7 Å². The molecule has 0 heterocycles. The number of nitrogens with one attached hydrogen (secondary N) is 1. The Morgan fingerprint density at radius 1 is 1.13 bits per heavy atom. The summed E-state index contributed by atoms with van der Waals surface area (Å²) >= 11 is 3.49. The van der Waals surface area contributed by atoms with Gasteiger partial charge in [-0.05, 0) is 54.1 Å². The number of ether oxygens (including phenoxy) is 2. The number of rotatable bonds is 7. The molecule has 6 nitrogen and oxygen atoms in total. The van der Waals surface area contributed by atoms with Crippen LogP contribution in [-0.4, -0.2) is 18.1 Å². The Balaban J connectivity index is 1.75. The maximum Gasteiger partial charge on any atom is 0.266 e. The van der Waals surface area contributed by atoms with Crippen LogP contribution in [0.25, 0.3) is 6.08 Å². The number of carbonyl (C=O) groups excluding carboxylic acids is 1. The number of aromatic hydroxyl groups is 1. The van der Waals surface area contributed by atoms with Gasteiger partial charge < -0.3 is 19.9 Å². The summed E-state index contributed by atoms with van der Waals surface area (Å²) in [5.41, 5.74) is 2.00. The minimum absolute atomic E-state index is 0.0722. The third kappa shape index (κ3) is 5.87. The fraction of sp³-hybridized carbons (Fsp3) is 0.0833. The number of anilines is 1. The van der Waals surface area contributed by atoms with Crippen molar-refractivity contribution in [2.45, 2.75) is 6.61 Å². The van der Waals surface area contributed by atoms with Crippen LogP contribution in [0.5, 0.6) is 17.2 Å². The minimum atomic E-state index is -0.554. The van der Waals surface area contributed by atoms with Crippen molar-refractivity contribution in [2.75, 3.05) is 12.4 Å². The Morgan fingerprint density at radius 3 is 2.55 bits per heavy atom. The van der Waals surface area contributed by atoms with Crippen LogP contribution in [0.4, 0.5) is 5.69 Å². The van der Waals surface area contributed by atoms with E-state index in [2.05, 4.69) is 21.2 Å². The lowest BCUT2D eigenvalue weighted by Crippen LogP contribution is -2.13. The van der Waals surface area contributed by atoms with Gasteiger partial charge in [-0.25, -0.2) is 0 Å². The van der Waals surface area contributed by atoms with Crippen LogP contribution in [0.15, 0.2) is 76.8 Å². The predicted octanol–water partition coefficient (Wildman–Crippen LogP) is 5.29. The van der Waals surface area contributed by atoms with Gasteiger partial charge in [0.1, 0.15) is 24.0 Å². The summed E-state index contributed by atoms with van der Waals surface area (Å²) < 4.78 is 12.2. The van der Waals surface area contributed by atoms with Gasteiger partial charge in [0.25, 0.3) is 5.91 Å². The maximum absolute atomic E-state index is 12.4. The summed E-state index contributed by atoms with van der Waals surface area (Å²) in [7, 11) is 1.52. The number of phenolic OH excluding ortho intramolecular Hbond substituents is 1. The lowest BCUT2D eigenvalue weighted by Gasteiger charge is -2.12. The highest BCUT2D eigenvalue weighted by Crippen LogP contribution is 2.30. The molecular formula is C24H19BrN2O4. The summed E-state index contributed by atoms with van der Waals surface area (Å²) in [6.07, 6.45) is 1.47. The summed E-state index contributed by atoms with van der Waals surface area (Å²) in [5.74, 6) is 0.559. The zero-order valence-electron chi connectivity index (χ0n) is 16.6. The largest absolute Gasteiger partial charge is 0.508 e. The highest BCUT2D eigenvalue weighted by molar-refractivity contribution is 9.10. The third-order valence-electron chi connectivity index (χ3n) is 4.33. The first-order valence-corrected chi connectivity index (χ1v) is 10.1. The first kappa shape index (κ1) is 21.9. The summed E-state index contributed by atoms with van der Waals surface area (Å²) in [6.45, 7) is 0.353. The van der Waals surface area contributed by atoms with Gasteiger partial charge in [0.05, 0.1) is 7.11 Å². The summed E-state index contributed by atoms with van der Waals surface area (Å²) in [4.78, 5) is 12.4. The second-order valence-corrected chi connectivity index (χ2v) is 7.32. The number of methoxy groups -OCH3 is 1. The number of hydrogen-bond acceptors (Lipinski definition) is 5. The van der Waals surface area contributed by atoms with E-state index in [1.54, 1.807) is 30.3 Å². The highest BCUT2D eigenvalue weighted by atomic mass is 79.9. The van der Waals surface area contributed by atoms with Gasteiger partial charge >= 0.3 is 0 Å². The van der Waals surface area contributed by atoms with E-state index in [0.717, 1.165) is 10.0 Å². The van der Waals surface area contributed by atoms with Gasteiger partial charge in [0.15, 0.2) is 11.5 Å². The fourth-order valence-electron chi connectivity index (χ4n) is 2.72. The number of carbonyl (C=O) groups is 1. The number of phenols is 1. The first-order valence-electron chi connectivity index (χ1n) is 9.26. The number of nitrogens with zero attached hydrogens (tertiary/aromatic N) is 1. The molecule has 0 aliphatic rings. The molecule has 2 N–H and O–H groups in total. The quantitative estimate of drug-likeness (QED) is 0.273. The van der Waals surface area contributed by atoms with Crippen molar-refractivity contribution < 1.29 is 19.4 Å². The normalized spacial score (nSPS) is 10.8. The van der Waals surface area contributed by atoms with E-state index < -0.39 is 5.91 Å². The second kappa shape index (κ2) is 10.3. The molecule has 7 heteroatoms. The predicted molar refractivity (Wildman–Crippen MR) is 122 cm³/mol. The molecule has 0 fully saturated rings. The van der Waals surface area contributed by atoms with Crippen molar-refractivity contribution in [3.8, 4) is 23.3 Å². The fourth-order valence-corrected chi connectivity index (χ4v) is 3.12. The molecule has 0 unspecified atom stereocenters. The molecule has 3 aromatic carbocycles. The number of benzene rings is 3. The van der Waals surface area contributed by atoms with E-state index in [1.165, 1.54) is 25.3 Å². The van der Waals surface area contributed by atoms with Crippen LogP contribution < -0.4 is 14.8 Å². The minimum Gasteiger partial charge on any atom is -0.508 e. The van der Waals surface area contributed by atoms with E-state index in [1.807, 2.05) is 30.3 Å². The SMILES string of the molecule is COc1cc(/C=C(\C#N)C(=O)Nc2ccc(O)cc2)ccc1OCc1ccccc1Br. The summed E-state index contributed by atoms with van der Waals surface area (Å²) in [6, 6.07) is 20.8. The van der Waals surface area contributed by atoms with E-state index in [0.29, 0.717) is 29.4 Å². The summed E-state index contributed by atoms with van der Waals surface area (Å²) in [5, 5.41) is 21.4. The van der Waals surface area contributed by atoms with Gasteiger partial charge in [-0.3, -0.25) is 4.79 Å². The van der Waals surface area contributed by atoms with Crippen LogP contribution in [0.2, 0.25) is 0 Å². The zero-order valence-corrected chi connectivity index (χ0v) is 18.2. The average Bonchev–Trinajstić information content (AvgIpc) is 2.78. The van der Waals surface area contributed by atoms with Crippen LogP contribution >= 0.6 is 15.9 Å². The van der Waals surface area contributed by atoms with Gasteiger partial charge in [-0.15, -0.1) is 0 Å². The standard InChI is InChI=1S/C24H19BrN2O4/c1-30-23-13-16(6-11-22(23)31-15-17-4-2-3-5-21(17)25)12-18(14-26)24(29)27-19-7-9-20(28)10-8-19/h2-13,28H,15H2,1H3,(H,27,29)/b18-12+. The van der Waals surface area contributed by atoms with Crippen LogP contribution in [0.3, 0.4) is 0 Å². The van der Waals surface area contributed by atoms with E-state index >= 15 is 0 Å². The molecule has 1 amide bonds. The molecular weight excluding hydrogens is 460 g/mol. The average molecular weight is 479 g/mol. The molecule has 31 heavy (non-hydrogen) atoms. The number of halogens is 1. The topological polar surface area (TPSA) is 91.6 Å². The first-order chi connectivity index (χ1) is 15.0. The molecule has 3 rings (SSSR count). The Labute approximate surface area is 188 Å². The van der Waals surface area contributed by atoms with Crippen molar-refractivity contribution in [2.24, 2.45) is 0 Å². The van der Waals surface area contributed by atoms with Crippen LogP contribution in [0, 0.1) is 11.3 Å². The molecule has 0 spiro atoms. The molecule has 0 atom stereocenters. The lowest BCUT2D eigenvalue weighted by molar-refractivity contribution is -0.112. The Kier molecular flexibility index (Phi) is 7.31.